The van der Waals surface area contributed by atoms with Gasteiger partial charge >= 0.3 is 0 Å². The van der Waals surface area contributed by atoms with Gasteiger partial charge in [0.2, 0.25) is 5.91 Å². The number of benzene rings is 2. The molecule has 1 aliphatic heterocycles. The Morgan fingerprint density at radius 3 is 2.50 bits per heavy atom. The van der Waals surface area contributed by atoms with Crippen molar-refractivity contribution in [3.8, 4) is 0 Å². The maximum Gasteiger partial charge on any atom is 0.276 e. The number of amides is 2. The molecule has 34 heavy (non-hydrogen) atoms. The van der Waals surface area contributed by atoms with Gasteiger partial charge in [-0.3, -0.25) is 9.59 Å². The lowest BCUT2D eigenvalue weighted by atomic mass is 9.98. The Morgan fingerprint density at radius 2 is 1.85 bits per heavy atom. The van der Waals surface area contributed by atoms with Gasteiger partial charge < -0.3 is 19.5 Å². The summed E-state index contributed by atoms with van der Waals surface area (Å²) in [7, 11) is 0. The minimum atomic E-state index is -0.246. The van der Waals surface area contributed by atoms with E-state index in [0.29, 0.717) is 25.3 Å². The summed E-state index contributed by atoms with van der Waals surface area (Å²) >= 11 is 0. The van der Waals surface area contributed by atoms with Crippen molar-refractivity contribution in [1.29, 1.82) is 0 Å². The number of rotatable bonds is 10. The molecule has 2 amide bonds. The molecule has 7 heteroatoms. The van der Waals surface area contributed by atoms with Crippen LogP contribution in [0.1, 0.15) is 52.7 Å². The third-order valence-electron chi connectivity index (χ3n) is 6.01. The maximum absolute atomic E-state index is 13.1. The SMILES string of the molecule is Cc1cc(C(=O)N(CCC(=O)N[C@@H](Cc2ccccc2)c2ccccc2)C[C@@H]2CCCO2)no1. The molecule has 1 N–H and O–H groups in total. The Bertz CT molecular complexity index is 1060. The standard InChI is InChI=1S/C27H31N3O4/c1-20-17-25(29-34-20)27(32)30(19-23-13-8-16-33-23)15-14-26(31)28-24(22-11-6-3-7-12-22)18-21-9-4-2-5-10-21/h2-7,9-12,17,23-24H,8,13-16,18-19H2,1H3,(H,28,31)/t23-,24-/m0/s1. The molecule has 178 valence electrons. The number of ether oxygens (including phenoxy) is 1. The van der Waals surface area contributed by atoms with Crippen LogP contribution in [0.4, 0.5) is 0 Å². The molecule has 0 aliphatic carbocycles. The molecule has 3 aromatic rings. The molecule has 4 rings (SSSR count). The molecule has 2 atom stereocenters. The Balaban J connectivity index is 1.42. The van der Waals surface area contributed by atoms with Gasteiger partial charge in [0.05, 0.1) is 12.1 Å². The zero-order chi connectivity index (χ0) is 23.8. The molecular weight excluding hydrogens is 430 g/mol. The fraction of sp³-hybridized carbons (Fsp3) is 0.370. The second-order valence-corrected chi connectivity index (χ2v) is 8.68. The van der Waals surface area contributed by atoms with E-state index in [2.05, 4.69) is 22.6 Å². The number of hydrogen-bond acceptors (Lipinski definition) is 5. The van der Waals surface area contributed by atoms with Crippen LogP contribution in [0.5, 0.6) is 0 Å². The van der Waals surface area contributed by atoms with Crippen LogP contribution in [-0.2, 0) is 16.0 Å². The van der Waals surface area contributed by atoms with Crippen molar-refractivity contribution in [3.63, 3.8) is 0 Å². The molecular formula is C27H31N3O4. The number of carbonyl (C=O) groups excluding carboxylic acids is 2. The van der Waals surface area contributed by atoms with Gasteiger partial charge in [0, 0.05) is 32.2 Å². The zero-order valence-electron chi connectivity index (χ0n) is 19.5. The highest BCUT2D eigenvalue weighted by Gasteiger charge is 2.26. The average Bonchev–Trinajstić information content (AvgIpc) is 3.54. The molecule has 1 aromatic heterocycles. The molecule has 1 aliphatic rings. The van der Waals surface area contributed by atoms with Crippen LogP contribution in [0.15, 0.2) is 71.3 Å². The molecule has 0 bridgehead atoms. The lowest BCUT2D eigenvalue weighted by Gasteiger charge is -2.25. The summed E-state index contributed by atoms with van der Waals surface area (Å²) < 4.78 is 10.8. The van der Waals surface area contributed by atoms with Gasteiger partial charge in [-0.25, -0.2) is 0 Å². The third kappa shape index (κ3) is 6.54. The van der Waals surface area contributed by atoms with E-state index in [0.717, 1.165) is 24.0 Å². The van der Waals surface area contributed by atoms with Crippen molar-refractivity contribution >= 4 is 11.8 Å². The highest BCUT2D eigenvalue weighted by molar-refractivity contribution is 5.92. The van der Waals surface area contributed by atoms with Gasteiger partial charge in [0.25, 0.3) is 5.91 Å². The smallest absolute Gasteiger partial charge is 0.276 e. The molecule has 1 saturated heterocycles. The molecule has 2 aromatic carbocycles. The third-order valence-corrected chi connectivity index (χ3v) is 6.01. The fourth-order valence-electron chi connectivity index (χ4n) is 4.23. The maximum atomic E-state index is 13.1. The van der Waals surface area contributed by atoms with Crippen molar-refractivity contribution < 1.29 is 18.8 Å². The quantitative estimate of drug-likeness (QED) is 0.492. The van der Waals surface area contributed by atoms with Gasteiger partial charge in [0.1, 0.15) is 5.76 Å². The summed E-state index contributed by atoms with van der Waals surface area (Å²) in [5.74, 6) is 0.222. The Hall–Kier alpha value is -3.45. The first-order valence-corrected chi connectivity index (χ1v) is 11.8. The number of carbonyl (C=O) groups is 2. The number of aryl methyl sites for hydroxylation is 1. The molecule has 7 nitrogen and oxygen atoms in total. The van der Waals surface area contributed by atoms with Gasteiger partial charge in [-0.15, -0.1) is 0 Å². The topological polar surface area (TPSA) is 84.7 Å². The summed E-state index contributed by atoms with van der Waals surface area (Å²) in [6.07, 6.45) is 2.74. The van der Waals surface area contributed by atoms with Gasteiger partial charge in [-0.2, -0.15) is 0 Å². The Morgan fingerprint density at radius 1 is 1.12 bits per heavy atom. The fourth-order valence-corrected chi connectivity index (χ4v) is 4.23. The van der Waals surface area contributed by atoms with E-state index in [-0.39, 0.29) is 42.6 Å². The van der Waals surface area contributed by atoms with Gasteiger partial charge in [-0.1, -0.05) is 65.8 Å². The van der Waals surface area contributed by atoms with E-state index in [1.165, 1.54) is 0 Å². The average molecular weight is 462 g/mol. The van der Waals surface area contributed by atoms with Crippen LogP contribution in [0.2, 0.25) is 0 Å². The predicted molar refractivity (Wildman–Crippen MR) is 128 cm³/mol. The predicted octanol–water partition coefficient (Wildman–Crippen LogP) is 4.09. The van der Waals surface area contributed by atoms with Crippen molar-refractivity contribution in [2.75, 3.05) is 19.7 Å². The van der Waals surface area contributed by atoms with E-state index in [1.54, 1.807) is 17.9 Å². The number of nitrogens with zero attached hydrogens (tertiary/aromatic N) is 2. The molecule has 0 radical (unpaired) electrons. The highest BCUT2D eigenvalue weighted by Crippen LogP contribution is 2.19. The lowest BCUT2D eigenvalue weighted by molar-refractivity contribution is -0.122. The highest BCUT2D eigenvalue weighted by atomic mass is 16.5. The van der Waals surface area contributed by atoms with Gasteiger partial charge in [0.15, 0.2) is 5.69 Å². The second-order valence-electron chi connectivity index (χ2n) is 8.68. The normalized spacial score (nSPS) is 16.2. The van der Waals surface area contributed by atoms with Crippen molar-refractivity contribution in [1.82, 2.24) is 15.4 Å². The minimum Gasteiger partial charge on any atom is -0.376 e. The number of hydrogen-bond donors (Lipinski definition) is 1. The molecule has 1 fully saturated rings. The van der Waals surface area contributed by atoms with Crippen LogP contribution in [0, 0.1) is 6.92 Å². The van der Waals surface area contributed by atoms with Crippen molar-refractivity contribution in [3.05, 3.63) is 89.3 Å². The molecule has 0 saturated carbocycles. The number of nitrogens with one attached hydrogen (secondary N) is 1. The van der Waals surface area contributed by atoms with E-state index in [4.69, 9.17) is 9.26 Å². The second kappa shape index (κ2) is 11.6. The molecule has 2 heterocycles. The van der Waals surface area contributed by atoms with Crippen LogP contribution in [-0.4, -0.2) is 47.7 Å². The van der Waals surface area contributed by atoms with E-state index in [9.17, 15) is 9.59 Å². The Kier molecular flexibility index (Phi) is 8.09. The van der Waals surface area contributed by atoms with Crippen molar-refractivity contribution in [2.45, 2.75) is 44.8 Å². The first-order chi connectivity index (χ1) is 16.6. The summed E-state index contributed by atoms with van der Waals surface area (Å²) in [6.45, 7) is 3.17. The van der Waals surface area contributed by atoms with E-state index in [1.807, 2.05) is 48.5 Å². The largest absolute Gasteiger partial charge is 0.376 e. The first kappa shape index (κ1) is 23.7. The van der Waals surface area contributed by atoms with Crippen LogP contribution >= 0.6 is 0 Å². The van der Waals surface area contributed by atoms with Gasteiger partial charge in [-0.05, 0) is 37.3 Å². The molecule has 0 spiro atoms. The summed E-state index contributed by atoms with van der Waals surface area (Å²) in [5, 5.41) is 7.04. The first-order valence-electron chi connectivity index (χ1n) is 11.8. The minimum absolute atomic E-state index is 0.0184. The Labute approximate surface area is 200 Å². The van der Waals surface area contributed by atoms with E-state index >= 15 is 0 Å². The molecule has 0 unspecified atom stereocenters. The zero-order valence-corrected chi connectivity index (χ0v) is 19.5. The summed E-state index contributed by atoms with van der Waals surface area (Å²) in [6, 6.07) is 21.5. The van der Waals surface area contributed by atoms with E-state index < -0.39 is 0 Å². The van der Waals surface area contributed by atoms with Crippen LogP contribution < -0.4 is 5.32 Å². The van der Waals surface area contributed by atoms with Crippen molar-refractivity contribution in [2.24, 2.45) is 0 Å². The summed E-state index contributed by atoms with van der Waals surface area (Å²) in [5.41, 5.74) is 2.44. The lowest BCUT2D eigenvalue weighted by Crippen LogP contribution is -2.40. The number of aromatic nitrogens is 1. The summed E-state index contributed by atoms with van der Waals surface area (Å²) in [4.78, 5) is 27.7. The monoisotopic (exact) mass is 461 g/mol. The van der Waals surface area contributed by atoms with Crippen LogP contribution in [0.3, 0.4) is 0 Å². The van der Waals surface area contributed by atoms with Crippen LogP contribution in [0.25, 0.3) is 0 Å².